The van der Waals surface area contributed by atoms with Crippen LogP contribution in [0.3, 0.4) is 0 Å². The first-order chi connectivity index (χ1) is 14.0. The van der Waals surface area contributed by atoms with E-state index in [-0.39, 0.29) is 24.2 Å². The number of rotatable bonds is 4. The molecule has 1 saturated heterocycles. The van der Waals surface area contributed by atoms with Gasteiger partial charge in [-0.2, -0.15) is 5.10 Å². The zero-order chi connectivity index (χ0) is 20.4. The third kappa shape index (κ3) is 3.68. The fourth-order valence-corrected chi connectivity index (χ4v) is 3.63. The number of hydrogen-bond donors (Lipinski definition) is 2. The lowest BCUT2D eigenvalue weighted by Gasteiger charge is -2.31. The number of anilines is 1. The van der Waals surface area contributed by atoms with Crippen molar-refractivity contribution >= 4 is 23.3 Å². The second-order valence-electron chi connectivity index (χ2n) is 6.95. The Morgan fingerprint density at radius 3 is 2.62 bits per heavy atom. The summed E-state index contributed by atoms with van der Waals surface area (Å²) in [5.74, 6) is 0.310. The molecule has 1 aliphatic heterocycles. The number of likely N-dealkylation sites (tertiary alicyclic amines) is 1. The summed E-state index contributed by atoms with van der Waals surface area (Å²) in [6, 6.07) is 5.48. The number of carbonyl (C=O) groups excluding carboxylic acids is 2. The van der Waals surface area contributed by atoms with E-state index >= 15 is 0 Å². The summed E-state index contributed by atoms with van der Waals surface area (Å²) in [4.78, 5) is 33.9. The first kappa shape index (κ1) is 18.7. The summed E-state index contributed by atoms with van der Waals surface area (Å²) in [7, 11) is 0. The predicted octanol–water partition coefficient (Wildman–Crippen LogP) is 1.32. The molecule has 1 aliphatic rings. The van der Waals surface area contributed by atoms with Gasteiger partial charge in [-0.15, -0.1) is 0 Å². The number of piperidine rings is 1. The van der Waals surface area contributed by atoms with Gasteiger partial charge in [-0.25, -0.2) is 14.3 Å². The van der Waals surface area contributed by atoms with Crippen LogP contribution in [0.5, 0.6) is 0 Å². The maximum absolute atomic E-state index is 13.3. The number of primary amides is 1. The molecule has 150 valence electrons. The van der Waals surface area contributed by atoms with Gasteiger partial charge < -0.3 is 21.1 Å². The highest BCUT2D eigenvalue weighted by Gasteiger charge is 2.28. The molecule has 0 saturated carbocycles. The molecule has 10 heteroatoms. The van der Waals surface area contributed by atoms with Crippen LogP contribution in [0.25, 0.3) is 16.8 Å². The monoisotopic (exact) mass is 395 g/mol. The number of aromatic nitrogens is 4. The minimum Gasteiger partial charge on any atom is -0.449 e. The normalized spacial score (nSPS) is 14.8. The molecule has 0 atom stereocenters. The van der Waals surface area contributed by atoms with E-state index in [0.717, 1.165) is 24.1 Å². The van der Waals surface area contributed by atoms with Crippen LogP contribution in [0, 0.1) is 5.92 Å². The number of pyridine rings is 1. The van der Waals surface area contributed by atoms with Crippen molar-refractivity contribution in [1.29, 1.82) is 0 Å². The van der Waals surface area contributed by atoms with E-state index < -0.39 is 6.09 Å². The molecule has 4 heterocycles. The van der Waals surface area contributed by atoms with Gasteiger partial charge >= 0.3 is 6.09 Å². The van der Waals surface area contributed by atoms with Gasteiger partial charge in [0.05, 0.1) is 17.9 Å². The molecule has 10 nitrogen and oxygen atoms in total. The molecule has 4 rings (SSSR count). The highest BCUT2D eigenvalue weighted by molar-refractivity contribution is 6.05. The van der Waals surface area contributed by atoms with E-state index in [2.05, 4.69) is 15.1 Å². The van der Waals surface area contributed by atoms with Crippen molar-refractivity contribution in [3.63, 3.8) is 0 Å². The van der Waals surface area contributed by atoms with Crippen LogP contribution in [0.4, 0.5) is 10.6 Å². The summed E-state index contributed by atoms with van der Waals surface area (Å²) in [5.41, 5.74) is 13.7. The van der Waals surface area contributed by atoms with Crippen molar-refractivity contribution in [3.8, 4) is 11.3 Å². The Morgan fingerprint density at radius 2 is 1.93 bits per heavy atom. The van der Waals surface area contributed by atoms with E-state index in [9.17, 15) is 9.59 Å². The minimum absolute atomic E-state index is 0.126. The second-order valence-corrected chi connectivity index (χ2v) is 6.95. The first-order valence-corrected chi connectivity index (χ1v) is 9.28. The van der Waals surface area contributed by atoms with Gasteiger partial charge in [-0.3, -0.25) is 9.78 Å². The first-order valence-electron chi connectivity index (χ1n) is 9.28. The minimum atomic E-state index is -0.775. The van der Waals surface area contributed by atoms with Crippen LogP contribution in [-0.4, -0.2) is 56.2 Å². The van der Waals surface area contributed by atoms with Gasteiger partial charge in [-0.1, -0.05) is 0 Å². The molecule has 3 aromatic heterocycles. The highest BCUT2D eigenvalue weighted by atomic mass is 16.5. The maximum Gasteiger partial charge on any atom is 0.404 e. The van der Waals surface area contributed by atoms with Crippen LogP contribution in [-0.2, 0) is 4.74 Å². The molecule has 0 radical (unpaired) electrons. The van der Waals surface area contributed by atoms with Crippen LogP contribution in [0.1, 0.15) is 23.2 Å². The van der Waals surface area contributed by atoms with Crippen LogP contribution >= 0.6 is 0 Å². The summed E-state index contributed by atoms with van der Waals surface area (Å²) >= 11 is 0. The molecule has 0 aliphatic carbocycles. The third-order valence-electron chi connectivity index (χ3n) is 5.15. The molecule has 0 spiro atoms. The lowest BCUT2D eigenvalue weighted by atomic mass is 9.97. The zero-order valence-electron chi connectivity index (χ0n) is 15.7. The summed E-state index contributed by atoms with van der Waals surface area (Å²) in [6.07, 6.45) is 5.41. The van der Waals surface area contributed by atoms with E-state index in [4.69, 9.17) is 16.2 Å². The number of ether oxygens (including phenoxy) is 1. The quantitative estimate of drug-likeness (QED) is 0.678. The van der Waals surface area contributed by atoms with E-state index in [1.807, 2.05) is 12.1 Å². The van der Waals surface area contributed by atoms with Gasteiger partial charge in [0, 0.05) is 31.0 Å². The van der Waals surface area contributed by atoms with Crippen molar-refractivity contribution in [2.24, 2.45) is 11.7 Å². The van der Waals surface area contributed by atoms with Crippen molar-refractivity contribution in [3.05, 3.63) is 42.5 Å². The Labute approximate surface area is 166 Å². The Morgan fingerprint density at radius 1 is 1.21 bits per heavy atom. The number of nitrogen functional groups attached to an aromatic ring is 1. The SMILES string of the molecule is NC(=O)OCC1CCN(C(=O)c2cc(-c3ccncc3)n3ncnc(N)c23)CC1. The number of carbonyl (C=O) groups is 2. The number of hydrogen-bond acceptors (Lipinski definition) is 7. The largest absolute Gasteiger partial charge is 0.449 e. The van der Waals surface area contributed by atoms with E-state index in [1.54, 1.807) is 27.9 Å². The summed E-state index contributed by atoms with van der Waals surface area (Å²) in [6.45, 7) is 1.39. The van der Waals surface area contributed by atoms with Crippen LogP contribution in [0.2, 0.25) is 0 Å². The molecule has 0 aromatic carbocycles. The second kappa shape index (κ2) is 7.74. The highest BCUT2D eigenvalue weighted by Crippen LogP contribution is 2.29. The number of amides is 2. The van der Waals surface area contributed by atoms with Gasteiger partial charge in [0.1, 0.15) is 11.8 Å². The van der Waals surface area contributed by atoms with Crippen molar-refractivity contribution < 1.29 is 14.3 Å². The standard InChI is InChI=1S/C19H21N7O3/c20-17-16-14(18(27)25-7-3-12(4-8-25)10-29-19(21)28)9-15(26(16)24-11-23-17)13-1-5-22-6-2-13/h1-2,5-6,9,11-12H,3-4,7-8,10H2,(H2,21,28)(H2,20,23,24). The third-order valence-corrected chi connectivity index (χ3v) is 5.15. The van der Waals surface area contributed by atoms with Crippen molar-refractivity contribution in [2.45, 2.75) is 12.8 Å². The average Bonchev–Trinajstić information content (AvgIpc) is 3.14. The van der Waals surface area contributed by atoms with Gasteiger partial charge in [-0.05, 0) is 37.0 Å². The summed E-state index contributed by atoms with van der Waals surface area (Å²) in [5, 5.41) is 4.29. The lowest BCUT2D eigenvalue weighted by molar-refractivity contribution is 0.0629. The Hall–Kier alpha value is -3.69. The molecule has 4 N–H and O–H groups in total. The molecule has 0 unspecified atom stereocenters. The zero-order valence-corrected chi connectivity index (χ0v) is 15.7. The van der Waals surface area contributed by atoms with Crippen molar-refractivity contribution in [1.82, 2.24) is 24.5 Å². The van der Waals surface area contributed by atoms with Crippen LogP contribution in [0.15, 0.2) is 36.9 Å². The van der Waals surface area contributed by atoms with Gasteiger partial charge in [0.2, 0.25) is 0 Å². The fraction of sp³-hybridized carbons (Fsp3) is 0.316. The molecule has 0 bridgehead atoms. The lowest BCUT2D eigenvalue weighted by Crippen LogP contribution is -2.39. The topological polar surface area (TPSA) is 142 Å². The Kier molecular flexibility index (Phi) is 4.98. The van der Waals surface area contributed by atoms with E-state index in [1.165, 1.54) is 6.33 Å². The van der Waals surface area contributed by atoms with Crippen molar-refractivity contribution in [2.75, 3.05) is 25.4 Å². The molecular formula is C19H21N7O3. The molecule has 2 amide bonds. The fourth-order valence-electron chi connectivity index (χ4n) is 3.63. The predicted molar refractivity (Wildman–Crippen MR) is 105 cm³/mol. The number of nitrogens with two attached hydrogens (primary N) is 2. The summed E-state index contributed by atoms with van der Waals surface area (Å²) < 4.78 is 6.52. The Balaban J connectivity index is 1.61. The number of nitrogens with zero attached hydrogens (tertiary/aromatic N) is 5. The van der Waals surface area contributed by atoms with E-state index in [0.29, 0.717) is 24.2 Å². The van der Waals surface area contributed by atoms with Gasteiger partial charge in [0.15, 0.2) is 5.82 Å². The smallest absolute Gasteiger partial charge is 0.404 e. The maximum atomic E-state index is 13.3. The number of fused-ring (bicyclic) bond motifs is 1. The Bertz CT molecular complexity index is 1040. The molecule has 1 fully saturated rings. The molecule has 3 aromatic rings. The molecular weight excluding hydrogens is 374 g/mol. The van der Waals surface area contributed by atoms with Crippen LogP contribution < -0.4 is 11.5 Å². The van der Waals surface area contributed by atoms with Gasteiger partial charge in [0.25, 0.3) is 5.91 Å². The molecule has 29 heavy (non-hydrogen) atoms. The average molecular weight is 395 g/mol.